The normalized spacial score (nSPS) is 12.5. The second-order valence-electron chi connectivity index (χ2n) is 4.60. The molecule has 0 aliphatic carbocycles. The molecule has 2 aromatic carbocycles. The largest absolute Gasteiger partial charge is 0.418 e. The lowest BCUT2D eigenvalue weighted by Crippen LogP contribution is -2.09. The predicted molar refractivity (Wildman–Crippen MR) is 70.7 cm³/mol. The number of halogens is 6. The average Bonchev–Trinajstić information content (AvgIpc) is 2.35. The van der Waals surface area contributed by atoms with Gasteiger partial charge in [-0.3, -0.25) is 0 Å². The molecule has 0 saturated heterocycles. The zero-order valence-electron chi connectivity index (χ0n) is 10.9. The molecule has 0 amide bonds. The van der Waals surface area contributed by atoms with Crippen LogP contribution in [0, 0.1) is 0 Å². The Morgan fingerprint density at radius 3 is 1.14 bits per heavy atom. The molecule has 0 fully saturated rings. The van der Waals surface area contributed by atoms with Crippen LogP contribution in [0.25, 0.3) is 11.1 Å². The van der Waals surface area contributed by atoms with Crippen molar-refractivity contribution in [1.29, 1.82) is 0 Å². The van der Waals surface area contributed by atoms with Gasteiger partial charge in [-0.2, -0.15) is 26.3 Å². The van der Waals surface area contributed by atoms with Gasteiger partial charge < -0.3 is 11.5 Å². The molecular weight excluding hydrogens is 310 g/mol. The third-order valence-corrected chi connectivity index (χ3v) is 3.05. The summed E-state index contributed by atoms with van der Waals surface area (Å²) in [5, 5.41) is 0. The minimum Gasteiger partial charge on any atom is -0.398 e. The third-order valence-electron chi connectivity index (χ3n) is 3.05. The van der Waals surface area contributed by atoms with Crippen molar-refractivity contribution in [2.24, 2.45) is 0 Å². The van der Waals surface area contributed by atoms with E-state index in [0.29, 0.717) is 0 Å². The summed E-state index contributed by atoms with van der Waals surface area (Å²) in [6.07, 6.45) is -9.19. The van der Waals surface area contributed by atoms with Crippen molar-refractivity contribution in [3.8, 4) is 11.1 Å². The summed E-state index contributed by atoms with van der Waals surface area (Å²) in [6.45, 7) is 0. The van der Waals surface area contributed by atoms with Crippen molar-refractivity contribution in [3.05, 3.63) is 47.5 Å². The summed E-state index contributed by atoms with van der Waals surface area (Å²) in [4.78, 5) is 0. The summed E-state index contributed by atoms with van der Waals surface area (Å²) < 4.78 is 75.6. The second kappa shape index (κ2) is 5.11. The number of rotatable bonds is 1. The monoisotopic (exact) mass is 320 g/mol. The fourth-order valence-corrected chi connectivity index (χ4v) is 2.00. The summed E-state index contributed by atoms with van der Waals surface area (Å²) >= 11 is 0. The summed E-state index contributed by atoms with van der Waals surface area (Å²) in [5.74, 6) is 0. The van der Waals surface area contributed by atoms with Gasteiger partial charge in [0.15, 0.2) is 0 Å². The predicted octanol–water partition coefficient (Wildman–Crippen LogP) is 4.56. The maximum Gasteiger partial charge on any atom is 0.418 e. The lowest BCUT2D eigenvalue weighted by atomic mass is 10.00. The van der Waals surface area contributed by atoms with Crippen molar-refractivity contribution < 1.29 is 26.3 Å². The molecule has 2 aromatic rings. The van der Waals surface area contributed by atoms with Crippen molar-refractivity contribution in [1.82, 2.24) is 0 Å². The summed E-state index contributed by atoms with van der Waals surface area (Å²) in [5.41, 5.74) is 8.16. The van der Waals surface area contributed by atoms with E-state index < -0.39 is 34.9 Å². The van der Waals surface area contributed by atoms with Crippen molar-refractivity contribution in [2.75, 3.05) is 11.5 Å². The lowest BCUT2D eigenvalue weighted by Gasteiger charge is -2.13. The van der Waals surface area contributed by atoms with Gasteiger partial charge in [-0.05, 0) is 35.4 Å². The molecule has 0 aliphatic heterocycles. The highest BCUT2D eigenvalue weighted by atomic mass is 19.4. The van der Waals surface area contributed by atoms with Crippen molar-refractivity contribution in [2.45, 2.75) is 12.4 Å². The van der Waals surface area contributed by atoms with Crippen molar-refractivity contribution in [3.63, 3.8) is 0 Å². The Labute approximate surface area is 121 Å². The van der Waals surface area contributed by atoms with Gasteiger partial charge in [0.05, 0.1) is 11.1 Å². The highest BCUT2D eigenvalue weighted by molar-refractivity contribution is 5.73. The number of hydrogen-bond acceptors (Lipinski definition) is 2. The summed E-state index contributed by atoms with van der Waals surface area (Å²) in [6, 6.07) is 5.90. The van der Waals surface area contributed by atoms with Gasteiger partial charge in [0.2, 0.25) is 0 Å². The fraction of sp³-hybridized carbons (Fsp3) is 0.143. The molecule has 0 spiro atoms. The van der Waals surface area contributed by atoms with E-state index >= 15 is 0 Å². The number of alkyl halides is 6. The van der Waals surface area contributed by atoms with E-state index in [1.807, 2.05) is 0 Å². The molecule has 0 radical (unpaired) electrons. The minimum atomic E-state index is -4.60. The van der Waals surface area contributed by atoms with Crippen molar-refractivity contribution >= 4 is 11.4 Å². The van der Waals surface area contributed by atoms with E-state index in [1.165, 1.54) is 0 Å². The number of nitrogen functional groups attached to an aromatic ring is 2. The maximum atomic E-state index is 12.6. The molecule has 118 valence electrons. The standard InChI is InChI=1S/C14H10F6N2/c15-13(16,17)9-3-1-7(5-11(9)21)8-2-4-10(12(22)6-8)14(18,19)20/h1-6H,21-22H2. The van der Waals surface area contributed by atoms with Crippen LogP contribution in [-0.4, -0.2) is 0 Å². The first kappa shape index (κ1) is 16.0. The number of anilines is 2. The first-order valence-corrected chi connectivity index (χ1v) is 5.94. The molecule has 8 heteroatoms. The molecule has 22 heavy (non-hydrogen) atoms. The van der Waals surface area contributed by atoms with Crippen LogP contribution < -0.4 is 11.5 Å². The number of benzene rings is 2. The Bertz CT molecular complexity index is 642. The first-order chi connectivity index (χ1) is 10.00. The molecule has 0 heterocycles. The molecule has 4 N–H and O–H groups in total. The maximum absolute atomic E-state index is 12.6. The van der Waals surface area contributed by atoms with Gasteiger partial charge in [0, 0.05) is 11.4 Å². The quantitative estimate of drug-likeness (QED) is 0.598. The molecule has 0 aliphatic rings. The van der Waals surface area contributed by atoms with Crippen LogP contribution >= 0.6 is 0 Å². The van der Waals surface area contributed by atoms with Gasteiger partial charge in [-0.25, -0.2) is 0 Å². The smallest absolute Gasteiger partial charge is 0.398 e. The Morgan fingerprint density at radius 2 is 0.909 bits per heavy atom. The highest BCUT2D eigenvalue weighted by Gasteiger charge is 2.34. The topological polar surface area (TPSA) is 52.0 Å². The van der Waals surface area contributed by atoms with Crippen LogP contribution in [0.3, 0.4) is 0 Å². The van der Waals surface area contributed by atoms with E-state index in [4.69, 9.17) is 11.5 Å². The van der Waals surface area contributed by atoms with Crippen LogP contribution in [0.15, 0.2) is 36.4 Å². The van der Waals surface area contributed by atoms with E-state index in [1.54, 1.807) is 0 Å². The molecule has 0 atom stereocenters. The minimum absolute atomic E-state index is 0.242. The van der Waals surface area contributed by atoms with Gasteiger partial charge in [-0.1, -0.05) is 12.1 Å². The van der Waals surface area contributed by atoms with Gasteiger partial charge in [0.25, 0.3) is 0 Å². The molecule has 0 aromatic heterocycles. The zero-order valence-corrected chi connectivity index (χ0v) is 10.9. The molecule has 2 rings (SSSR count). The lowest BCUT2D eigenvalue weighted by molar-refractivity contribution is -0.137. The van der Waals surface area contributed by atoms with Gasteiger partial charge >= 0.3 is 12.4 Å². The van der Waals surface area contributed by atoms with E-state index in [9.17, 15) is 26.3 Å². The molecule has 0 bridgehead atoms. The first-order valence-electron chi connectivity index (χ1n) is 5.94. The Morgan fingerprint density at radius 1 is 0.591 bits per heavy atom. The Kier molecular flexibility index (Phi) is 3.72. The molecule has 0 saturated carbocycles. The zero-order chi connectivity index (χ0) is 16.7. The fourth-order valence-electron chi connectivity index (χ4n) is 2.00. The van der Waals surface area contributed by atoms with Crippen LogP contribution in [0.5, 0.6) is 0 Å². The number of nitrogens with two attached hydrogens (primary N) is 2. The van der Waals surface area contributed by atoms with Crippen LogP contribution in [0.4, 0.5) is 37.7 Å². The second-order valence-corrected chi connectivity index (χ2v) is 4.60. The van der Waals surface area contributed by atoms with Gasteiger partial charge in [0.1, 0.15) is 0 Å². The average molecular weight is 320 g/mol. The Hall–Kier alpha value is -2.38. The van der Waals surface area contributed by atoms with E-state index in [2.05, 4.69) is 0 Å². The Balaban J connectivity index is 2.46. The van der Waals surface area contributed by atoms with Gasteiger partial charge in [-0.15, -0.1) is 0 Å². The molecular formula is C14H10F6N2. The number of hydrogen-bond donors (Lipinski definition) is 2. The molecule has 2 nitrogen and oxygen atoms in total. The summed E-state index contributed by atoms with van der Waals surface area (Å²) in [7, 11) is 0. The third kappa shape index (κ3) is 3.10. The molecule has 0 unspecified atom stereocenters. The van der Waals surface area contributed by atoms with Crippen LogP contribution in [0.1, 0.15) is 11.1 Å². The van der Waals surface area contributed by atoms with Crippen LogP contribution in [-0.2, 0) is 12.4 Å². The SMILES string of the molecule is Nc1cc(-c2ccc(C(F)(F)F)c(N)c2)ccc1C(F)(F)F. The van der Waals surface area contributed by atoms with E-state index in [0.717, 1.165) is 36.4 Å². The van der Waals surface area contributed by atoms with E-state index in [-0.39, 0.29) is 11.1 Å². The highest BCUT2D eigenvalue weighted by Crippen LogP contribution is 2.38. The van der Waals surface area contributed by atoms with Crippen LogP contribution in [0.2, 0.25) is 0 Å².